The Morgan fingerprint density at radius 2 is 1.95 bits per heavy atom. The molecule has 0 radical (unpaired) electrons. The first-order chi connectivity index (χ1) is 9.75. The largest absolute Gasteiger partial charge is 0.478 e. The fourth-order valence-corrected chi connectivity index (χ4v) is 1.96. The van der Waals surface area contributed by atoms with Gasteiger partial charge in [-0.3, -0.25) is 0 Å². The van der Waals surface area contributed by atoms with E-state index in [0.29, 0.717) is 5.88 Å². The lowest BCUT2D eigenvalue weighted by Crippen LogP contribution is -2.01. The van der Waals surface area contributed by atoms with E-state index in [1.165, 1.54) is 18.6 Å². The van der Waals surface area contributed by atoms with E-state index in [0.717, 1.165) is 10.8 Å². The van der Waals surface area contributed by atoms with Gasteiger partial charge in [-0.1, -0.05) is 30.3 Å². The van der Waals surface area contributed by atoms with Crippen LogP contribution in [0.1, 0.15) is 10.4 Å². The monoisotopic (exact) mass is 266 g/mol. The molecule has 0 fully saturated rings. The van der Waals surface area contributed by atoms with E-state index in [4.69, 9.17) is 4.74 Å². The zero-order valence-corrected chi connectivity index (χ0v) is 10.4. The van der Waals surface area contributed by atoms with Crippen LogP contribution in [0.5, 0.6) is 11.6 Å². The fraction of sp³-hybridized carbons (Fsp3) is 0. The van der Waals surface area contributed by atoms with E-state index >= 15 is 0 Å². The molecule has 0 amide bonds. The second-order valence-corrected chi connectivity index (χ2v) is 4.12. The van der Waals surface area contributed by atoms with E-state index in [1.54, 1.807) is 12.1 Å². The Labute approximate surface area is 114 Å². The Hall–Kier alpha value is -2.95. The van der Waals surface area contributed by atoms with Gasteiger partial charge in [-0.05, 0) is 11.5 Å². The molecule has 0 aliphatic rings. The van der Waals surface area contributed by atoms with Crippen LogP contribution in [0.4, 0.5) is 0 Å². The Kier molecular flexibility index (Phi) is 3.01. The normalized spacial score (nSPS) is 10.4. The van der Waals surface area contributed by atoms with E-state index in [9.17, 15) is 9.90 Å². The third-order valence-corrected chi connectivity index (χ3v) is 2.87. The van der Waals surface area contributed by atoms with E-state index in [-0.39, 0.29) is 11.3 Å². The van der Waals surface area contributed by atoms with Crippen LogP contribution in [0.2, 0.25) is 0 Å². The Balaban J connectivity index is 2.20. The first-order valence-electron chi connectivity index (χ1n) is 5.94. The van der Waals surface area contributed by atoms with E-state index < -0.39 is 5.97 Å². The summed E-state index contributed by atoms with van der Waals surface area (Å²) in [7, 11) is 0. The molecule has 0 spiro atoms. The molecule has 3 aromatic rings. The van der Waals surface area contributed by atoms with Gasteiger partial charge in [0, 0.05) is 17.6 Å². The smallest absolute Gasteiger partial charge is 0.339 e. The summed E-state index contributed by atoms with van der Waals surface area (Å²) in [4.78, 5) is 19.1. The summed E-state index contributed by atoms with van der Waals surface area (Å²) in [6, 6.07) is 12.3. The molecule has 3 rings (SSSR count). The fourth-order valence-electron chi connectivity index (χ4n) is 1.96. The number of carboxylic acid groups (broad SMARTS) is 1. The topological polar surface area (TPSA) is 72.3 Å². The Morgan fingerprint density at radius 1 is 1.10 bits per heavy atom. The van der Waals surface area contributed by atoms with Crippen LogP contribution in [0.3, 0.4) is 0 Å². The summed E-state index contributed by atoms with van der Waals surface area (Å²) in [5.41, 5.74) is 0.0994. The molecule has 0 bridgehead atoms. The molecule has 1 N–H and O–H groups in total. The number of fused-ring (bicyclic) bond motifs is 1. The minimum Gasteiger partial charge on any atom is -0.478 e. The van der Waals surface area contributed by atoms with Gasteiger partial charge >= 0.3 is 5.97 Å². The molecule has 20 heavy (non-hydrogen) atoms. The molecule has 5 nitrogen and oxygen atoms in total. The maximum absolute atomic E-state index is 11.3. The highest BCUT2D eigenvalue weighted by molar-refractivity contribution is 6.00. The molecule has 0 atom stereocenters. The number of carboxylic acids is 1. The number of carbonyl (C=O) groups is 1. The van der Waals surface area contributed by atoms with E-state index in [1.807, 2.05) is 24.3 Å². The van der Waals surface area contributed by atoms with Gasteiger partial charge in [0.1, 0.15) is 11.9 Å². The molecule has 0 saturated carbocycles. The lowest BCUT2D eigenvalue weighted by Gasteiger charge is -2.11. The number of aromatic nitrogens is 2. The van der Waals surface area contributed by atoms with Crippen LogP contribution in [0.15, 0.2) is 55.0 Å². The third kappa shape index (κ3) is 2.16. The quantitative estimate of drug-likeness (QED) is 0.788. The van der Waals surface area contributed by atoms with Crippen LogP contribution in [-0.4, -0.2) is 21.0 Å². The zero-order chi connectivity index (χ0) is 13.9. The van der Waals surface area contributed by atoms with Crippen molar-refractivity contribution < 1.29 is 14.6 Å². The molecule has 0 unspecified atom stereocenters. The second-order valence-electron chi connectivity index (χ2n) is 4.12. The van der Waals surface area contributed by atoms with Crippen molar-refractivity contribution in [3.8, 4) is 11.6 Å². The standard InChI is InChI=1S/C15H10N2O3/c18-15(19)12-6-5-10-3-1-2-4-11(10)14(12)20-13-7-8-16-9-17-13/h1-9H,(H,18,19). The summed E-state index contributed by atoms with van der Waals surface area (Å²) in [6.07, 6.45) is 2.88. The molecular formula is C15H10N2O3. The highest BCUT2D eigenvalue weighted by Gasteiger charge is 2.15. The molecule has 0 saturated heterocycles. The van der Waals surface area contributed by atoms with Crippen molar-refractivity contribution in [3.05, 3.63) is 60.6 Å². The van der Waals surface area contributed by atoms with Gasteiger partial charge in [-0.15, -0.1) is 0 Å². The van der Waals surface area contributed by atoms with Crippen LogP contribution < -0.4 is 4.74 Å². The van der Waals surface area contributed by atoms with Gasteiger partial charge in [-0.25, -0.2) is 14.8 Å². The van der Waals surface area contributed by atoms with Crippen molar-refractivity contribution in [2.75, 3.05) is 0 Å². The van der Waals surface area contributed by atoms with Crippen molar-refractivity contribution in [2.24, 2.45) is 0 Å². The predicted molar refractivity (Wildman–Crippen MR) is 73.0 cm³/mol. The van der Waals surface area contributed by atoms with Crippen molar-refractivity contribution in [3.63, 3.8) is 0 Å². The molecule has 5 heteroatoms. The van der Waals surface area contributed by atoms with Crippen LogP contribution in [0.25, 0.3) is 10.8 Å². The summed E-state index contributed by atoms with van der Waals surface area (Å²) >= 11 is 0. The van der Waals surface area contributed by atoms with Gasteiger partial charge in [0.05, 0.1) is 0 Å². The molecule has 1 heterocycles. The van der Waals surface area contributed by atoms with Crippen LogP contribution >= 0.6 is 0 Å². The van der Waals surface area contributed by atoms with E-state index in [2.05, 4.69) is 9.97 Å². The predicted octanol–water partition coefficient (Wildman–Crippen LogP) is 3.12. The molecule has 1 aromatic heterocycles. The highest BCUT2D eigenvalue weighted by atomic mass is 16.5. The minimum atomic E-state index is -1.04. The first kappa shape index (κ1) is 12.1. The summed E-state index contributed by atoms with van der Waals surface area (Å²) < 4.78 is 5.65. The maximum atomic E-state index is 11.3. The minimum absolute atomic E-state index is 0.0994. The third-order valence-electron chi connectivity index (χ3n) is 2.87. The SMILES string of the molecule is O=C(O)c1ccc2ccccc2c1Oc1ccncn1. The number of aromatic carboxylic acids is 1. The second kappa shape index (κ2) is 4.97. The average Bonchev–Trinajstić information content (AvgIpc) is 2.48. The molecule has 98 valence electrons. The first-order valence-corrected chi connectivity index (χ1v) is 5.94. The van der Waals surface area contributed by atoms with Gasteiger partial charge in [0.25, 0.3) is 0 Å². The zero-order valence-electron chi connectivity index (χ0n) is 10.4. The van der Waals surface area contributed by atoms with Crippen LogP contribution in [0, 0.1) is 0 Å². The van der Waals surface area contributed by atoms with Crippen molar-refractivity contribution in [1.82, 2.24) is 9.97 Å². The van der Waals surface area contributed by atoms with Gasteiger partial charge < -0.3 is 9.84 Å². The van der Waals surface area contributed by atoms with Gasteiger partial charge in [-0.2, -0.15) is 0 Å². The Morgan fingerprint density at radius 3 is 2.70 bits per heavy atom. The number of nitrogens with zero attached hydrogens (tertiary/aromatic N) is 2. The molecular weight excluding hydrogens is 256 g/mol. The van der Waals surface area contributed by atoms with Crippen LogP contribution in [-0.2, 0) is 0 Å². The van der Waals surface area contributed by atoms with Crippen molar-refractivity contribution >= 4 is 16.7 Å². The summed E-state index contributed by atoms with van der Waals surface area (Å²) in [6.45, 7) is 0. The maximum Gasteiger partial charge on any atom is 0.339 e. The number of hydrogen-bond acceptors (Lipinski definition) is 4. The molecule has 0 aliphatic heterocycles. The summed E-state index contributed by atoms with van der Waals surface area (Å²) in [5.74, 6) is -0.451. The lowest BCUT2D eigenvalue weighted by atomic mass is 10.1. The number of rotatable bonds is 3. The van der Waals surface area contributed by atoms with Gasteiger partial charge in [0.2, 0.25) is 5.88 Å². The lowest BCUT2D eigenvalue weighted by molar-refractivity contribution is 0.0694. The molecule has 0 aliphatic carbocycles. The highest BCUT2D eigenvalue weighted by Crippen LogP contribution is 2.32. The number of benzene rings is 2. The number of hydrogen-bond donors (Lipinski definition) is 1. The Bertz CT molecular complexity index is 772. The van der Waals surface area contributed by atoms with Crippen molar-refractivity contribution in [1.29, 1.82) is 0 Å². The van der Waals surface area contributed by atoms with Gasteiger partial charge in [0.15, 0.2) is 5.75 Å². The molecule has 2 aromatic carbocycles. The average molecular weight is 266 g/mol. The summed E-state index contributed by atoms with van der Waals surface area (Å²) in [5, 5.41) is 10.9. The number of ether oxygens (including phenoxy) is 1. The van der Waals surface area contributed by atoms with Crippen molar-refractivity contribution in [2.45, 2.75) is 0 Å².